The second-order valence-corrected chi connectivity index (χ2v) is 7.92. The van der Waals surface area contributed by atoms with Gasteiger partial charge in [-0.1, -0.05) is 55.1 Å². The number of amides is 1. The van der Waals surface area contributed by atoms with E-state index in [1.807, 2.05) is 6.07 Å². The Morgan fingerprint density at radius 1 is 1.10 bits per heavy atom. The topological polar surface area (TPSA) is 66.8 Å². The zero-order valence-electron chi connectivity index (χ0n) is 16.8. The lowest BCUT2D eigenvalue weighted by Gasteiger charge is -2.25. The summed E-state index contributed by atoms with van der Waals surface area (Å²) in [6, 6.07) is 11.0. The summed E-state index contributed by atoms with van der Waals surface area (Å²) in [7, 11) is 1.55. The highest BCUT2D eigenvalue weighted by molar-refractivity contribution is 6.46. The number of Topliss-reactive ketones (excluding diaryl/α,β-unsaturated/α-hetero) is 1. The predicted octanol–water partition coefficient (Wildman–Crippen LogP) is 5.61. The molecule has 0 bridgehead atoms. The van der Waals surface area contributed by atoms with E-state index in [4.69, 9.17) is 27.9 Å². The van der Waals surface area contributed by atoms with Crippen LogP contribution in [0.4, 0.5) is 0 Å². The molecule has 1 atom stereocenters. The van der Waals surface area contributed by atoms with Gasteiger partial charge in [-0.05, 0) is 42.3 Å². The molecule has 1 N–H and O–H groups in total. The number of likely N-dealkylation sites (tertiary alicyclic amines) is 1. The molecule has 1 amide bonds. The van der Waals surface area contributed by atoms with Crippen molar-refractivity contribution in [2.75, 3.05) is 13.7 Å². The molecule has 1 fully saturated rings. The van der Waals surface area contributed by atoms with Gasteiger partial charge in [-0.25, -0.2) is 0 Å². The fourth-order valence-corrected chi connectivity index (χ4v) is 3.90. The van der Waals surface area contributed by atoms with Gasteiger partial charge in [-0.2, -0.15) is 0 Å². The molecule has 1 aliphatic rings. The largest absolute Gasteiger partial charge is 0.507 e. The third kappa shape index (κ3) is 4.32. The average Bonchev–Trinajstić information content (AvgIpc) is 3.00. The first kappa shape index (κ1) is 22.2. The Labute approximate surface area is 185 Å². The fourth-order valence-electron chi connectivity index (χ4n) is 3.60. The van der Waals surface area contributed by atoms with Crippen LogP contribution in [0.1, 0.15) is 43.4 Å². The van der Waals surface area contributed by atoms with E-state index >= 15 is 0 Å². The summed E-state index contributed by atoms with van der Waals surface area (Å²) in [5, 5.41) is 11.6. The van der Waals surface area contributed by atoms with Crippen LogP contribution in [0.3, 0.4) is 0 Å². The quantitative estimate of drug-likeness (QED) is 0.259. The van der Waals surface area contributed by atoms with Crippen molar-refractivity contribution >= 4 is 40.7 Å². The molecule has 1 unspecified atom stereocenters. The van der Waals surface area contributed by atoms with Crippen molar-refractivity contribution in [1.29, 1.82) is 0 Å². The molecule has 7 heteroatoms. The summed E-state index contributed by atoms with van der Waals surface area (Å²) >= 11 is 12.1. The number of carbonyl (C=O) groups excluding carboxylic acids is 2. The number of carbonyl (C=O) groups is 2. The van der Waals surface area contributed by atoms with Crippen molar-refractivity contribution < 1.29 is 19.4 Å². The third-order valence-corrected chi connectivity index (χ3v) is 5.88. The van der Waals surface area contributed by atoms with Gasteiger partial charge in [0.05, 0.1) is 28.8 Å². The highest BCUT2D eigenvalue weighted by Gasteiger charge is 2.45. The van der Waals surface area contributed by atoms with Crippen LogP contribution in [0.25, 0.3) is 5.76 Å². The predicted molar refractivity (Wildman–Crippen MR) is 118 cm³/mol. The van der Waals surface area contributed by atoms with Crippen molar-refractivity contribution in [3.63, 3.8) is 0 Å². The minimum absolute atomic E-state index is 0.0307. The summed E-state index contributed by atoms with van der Waals surface area (Å²) < 4.78 is 5.31. The molecule has 5 nitrogen and oxygen atoms in total. The summed E-state index contributed by atoms with van der Waals surface area (Å²) in [4.78, 5) is 27.3. The third-order valence-electron chi connectivity index (χ3n) is 5.15. The van der Waals surface area contributed by atoms with Gasteiger partial charge in [-0.3, -0.25) is 9.59 Å². The maximum atomic E-state index is 13.0. The Kier molecular flexibility index (Phi) is 7.06. The van der Waals surface area contributed by atoms with Gasteiger partial charge in [-0.15, -0.1) is 0 Å². The Balaban J connectivity index is 2.15. The van der Waals surface area contributed by atoms with Crippen LogP contribution in [-0.2, 0) is 9.59 Å². The second kappa shape index (κ2) is 9.54. The van der Waals surface area contributed by atoms with Gasteiger partial charge in [0.1, 0.15) is 11.5 Å². The zero-order valence-corrected chi connectivity index (χ0v) is 18.3. The number of ketones is 1. The van der Waals surface area contributed by atoms with E-state index < -0.39 is 17.7 Å². The maximum absolute atomic E-state index is 13.0. The molecule has 1 aliphatic heterocycles. The van der Waals surface area contributed by atoms with E-state index in [0.717, 1.165) is 19.3 Å². The van der Waals surface area contributed by atoms with Crippen LogP contribution >= 0.6 is 23.2 Å². The Bertz CT molecular complexity index is 1000. The number of unbranched alkanes of at least 4 members (excludes halogenated alkanes) is 2. The lowest BCUT2D eigenvalue weighted by molar-refractivity contribution is -0.139. The van der Waals surface area contributed by atoms with Crippen LogP contribution in [0.15, 0.2) is 48.0 Å². The molecular formula is C23H23Cl2NO4. The second-order valence-electron chi connectivity index (χ2n) is 7.11. The number of methoxy groups -OCH3 is 1. The van der Waals surface area contributed by atoms with Gasteiger partial charge < -0.3 is 14.7 Å². The molecule has 158 valence electrons. The molecule has 30 heavy (non-hydrogen) atoms. The zero-order chi connectivity index (χ0) is 21.8. The molecule has 0 saturated carbocycles. The van der Waals surface area contributed by atoms with Crippen LogP contribution < -0.4 is 4.74 Å². The van der Waals surface area contributed by atoms with Crippen LogP contribution in [-0.4, -0.2) is 35.4 Å². The number of ether oxygens (including phenoxy) is 1. The van der Waals surface area contributed by atoms with Crippen LogP contribution in [0.5, 0.6) is 5.75 Å². The average molecular weight is 448 g/mol. The molecular weight excluding hydrogens is 425 g/mol. The van der Waals surface area contributed by atoms with Crippen LogP contribution in [0.2, 0.25) is 10.0 Å². The van der Waals surface area contributed by atoms with E-state index in [1.54, 1.807) is 31.4 Å². The van der Waals surface area contributed by atoms with E-state index in [1.165, 1.54) is 17.0 Å². The van der Waals surface area contributed by atoms with Crippen molar-refractivity contribution in [1.82, 2.24) is 4.90 Å². The first-order valence-electron chi connectivity index (χ1n) is 9.76. The first-order valence-corrected chi connectivity index (χ1v) is 10.5. The van der Waals surface area contributed by atoms with Crippen molar-refractivity contribution in [3.8, 4) is 5.75 Å². The Morgan fingerprint density at radius 2 is 1.87 bits per heavy atom. The van der Waals surface area contributed by atoms with Gasteiger partial charge in [0.2, 0.25) is 0 Å². The smallest absolute Gasteiger partial charge is 0.295 e. The molecule has 0 aliphatic carbocycles. The van der Waals surface area contributed by atoms with Crippen molar-refractivity contribution in [2.24, 2.45) is 0 Å². The summed E-state index contributed by atoms with van der Waals surface area (Å²) in [6.45, 7) is 2.48. The number of rotatable bonds is 7. The number of aliphatic hydroxyl groups excluding tert-OH is 1. The SMILES string of the molecule is CCCCCN1C(=O)C(=O)/C(=C(\O)c2ccc(Cl)c(Cl)c2)C1c1cccc(OC)c1. The van der Waals surface area contributed by atoms with Gasteiger partial charge in [0, 0.05) is 12.1 Å². The standard InChI is InChI=1S/C23H23Cl2NO4/c1-3-4-5-11-26-20(14-7-6-8-16(12-14)30-2)19(22(28)23(26)29)21(27)15-9-10-17(24)18(25)13-15/h6-10,12-13,20,27H,3-5,11H2,1-2H3/b21-19-. The fraction of sp³-hybridized carbons (Fsp3) is 0.304. The van der Waals surface area contributed by atoms with Gasteiger partial charge in [0.15, 0.2) is 0 Å². The summed E-state index contributed by atoms with van der Waals surface area (Å²) in [6.07, 6.45) is 2.68. The van der Waals surface area contributed by atoms with E-state index in [0.29, 0.717) is 28.4 Å². The molecule has 0 radical (unpaired) electrons. The number of hydrogen-bond donors (Lipinski definition) is 1. The molecule has 2 aromatic rings. The highest BCUT2D eigenvalue weighted by atomic mass is 35.5. The first-order chi connectivity index (χ1) is 14.4. The van der Waals surface area contributed by atoms with Gasteiger partial charge >= 0.3 is 0 Å². The number of aliphatic hydroxyl groups is 1. The molecule has 1 saturated heterocycles. The van der Waals surface area contributed by atoms with Gasteiger partial charge in [0.25, 0.3) is 11.7 Å². The normalized spacial score (nSPS) is 18.1. The number of halogens is 2. The Hall–Kier alpha value is -2.50. The summed E-state index contributed by atoms with van der Waals surface area (Å²) in [5.41, 5.74) is 1.04. The lowest BCUT2D eigenvalue weighted by atomic mass is 9.95. The van der Waals surface area contributed by atoms with Crippen LogP contribution in [0, 0.1) is 0 Å². The molecule has 2 aromatic carbocycles. The molecule has 0 aromatic heterocycles. The minimum atomic E-state index is -0.720. The van der Waals surface area contributed by atoms with Crippen molar-refractivity contribution in [2.45, 2.75) is 32.2 Å². The molecule has 3 rings (SSSR count). The van der Waals surface area contributed by atoms with E-state index in [-0.39, 0.29) is 16.4 Å². The van der Waals surface area contributed by atoms with Crippen molar-refractivity contribution in [3.05, 3.63) is 69.2 Å². The minimum Gasteiger partial charge on any atom is -0.507 e. The number of benzene rings is 2. The van der Waals surface area contributed by atoms with E-state index in [9.17, 15) is 14.7 Å². The molecule has 1 heterocycles. The van der Waals surface area contributed by atoms with E-state index in [2.05, 4.69) is 6.92 Å². The molecule has 0 spiro atoms. The number of hydrogen-bond acceptors (Lipinski definition) is 4. The number of nitrogens with zero attached hydrogens (tertiary/aromatic N) is 1. The Morgan fingerprint density at radius 3 is 2.53 bits per heavy atom. The lowest BCUT2D eigenvalue weighted by Crippen LogP contribution is -2.30. The monoisotopic (exact) mass is 447 g/mol. The maximum Gasteiger partial charge on any atom is 0.295 e. The highest BCUT2D eigenvalue weighted by Crippen LogP contribution is 2.41. The summed E-state index contributed by atoms with van der Waals surface area (Å²) in [5.74, 6) is -1.03.